The number of hydrogen-bond acceptors (Lipinski definition) is 2. The van der Waals surface area contributed by atoms with Crippen LogP contribution in [0, 0.1) is 0 Å². The van der Waals surface area contributed by atoms with E-state index in [9.17, 15) is 0 Å². The van der Waals surface area contributed by atoms with Gasteiger partial charge in [-0.25, -0.2) is 0 Å². The molecule has 1 aromatic rings. The normalized spacial score (nSPS) is 19.4. The lowest BCUT2D eigenvalue weighted by Gasteiger charge is -2.19. The van der Waals surface area contributed by atoms with E-state index in [-0.39, 0.29) is 5.41 Å². The van der Waals surface area contributed by atoms with Crippen LogP contribution in [0.5, 0.6) is 0 Å². The zero-order valence-corrected chi connectivity index (χ0v) is 12.8. The molecular weight excluding hydrogens is 254 g/mol. The molecule has 1 aliphatic rings. The van der Waals surface area contributed by atoms with E-state index < -0.39 is 0 Å². The molecule has 2 nitrogen and oxygen atoms in total. The van der Waals surface area contributed by atoms with Gasteiger partial charge in [0, 0.05) is 18.7 Å². The highest BCUT2D eigenvalue weighted by Crippen LogP contribution is 2.22. The first-order valence-corrected chi connectivity index (χ1v) is 7.38. The van der Waals surface area contributed by atoms with Crippen LogP contribution in [0.4, 0.5) is 0 Å². The van der Waals surface area contributed by atoms with Gasteiger partial charge in [-0.3, -0.25) is 0 Å². The van der Waals surface area contributed by atoms with Gasteiger partial charge in [0.1, 0.15) is 4.99 Å². The minimum absolute atomic E-state index is 0.186. The van der Waals surface area contributed by atoms with Crippen LogP contribution in [0.25, 0.3) is 0 Å². The molecule has 3 heteroatoms. The smallest absolute Gasteiger partial charge is 0.106 e. The number of nitrogens with one attached hydrogen (secondary N) is 1. The summed E-state index contributed by atoms with van der Waals surface area (Å²) < 4.78 is 5.58. The minimum atomic E-state index is 0.186. The standard InChI is InChI=1S/C16H23NOS/c1-16(2,3)13-8-6-12(7-9-13)15(19)17-11-14-5-4-10-18-14/h6-9,14H,4-5,10-11H2,1-3H3,(H,17,19)/t14-/m0/s1. The molecule has 0 aromatic heterocycles. The summed E-state index contributed by atoms with van der Waals surface area (Å²) in [6.45, 7) is 8.36. The molecule has 0 amide bonds. The second-order valence-corrected chi connectivity index (χ2v) is 6.58. The summed E-state index contributed by atoms with van der Waals surface area (Å²) >= 11 is 5.43. The van der Waals surface area contributed by atoms with Crippen molar-refractivity contribution in [3.8, 4) is 0 Å². The first-order valence-electron chi connectivity index (χ1n) is 6.97. The molecule has 1 N–H and O–H groups in total. The van der Waals surface area contributed by atoms with Gasteiger partial charge in [0.25, 0.3) is 0 Å². The molecule has 104 valence electrons. The van der Waals surface area contributed by atoms with E-state index >= 15 is 0 Å². The third kappa shape index (κ3) is 4.02. The lowest BCUT2D eigenvalue weighted by atomic mass is 9.87. The molecule has 0 saturated carbocycles. The van der Waals surface area contributed by atoms with E-state index in [1.807, 2.05) is 0 Å². The average Bonchev–Trinajstić information content (AvgIpc) is 2.88. The Kier molecular flexibility index (Phi) is 4.58. The topological polar surface area (TPSA) is 21.3 Å². The van der Waals surface area contributed by atoms with Gasteiger partial charge in [0.2, 0.25) is 0 Å². The fraction of sp³-hybridized carbons (Fsp3) is 0.562. The van der Waals surface area contributed by atoms with Gasteiger partial charge >= 0.3 is 0 Å². The van der Waals surface area contributed by atoms with Gasteiger partial charge in [0.05, 0.1) is 6.10 Å². The molecule has 2 rings (SSSR count). The predicted octanol–water partition coefficient (Wildman–Crippen LogP) is 3.43. The highest BCUT2D eigenvalue weighted by Gasteiger charge is 2.16. The Hall–Kier alpha value is -0.930. The fourth-order valence-corrected chi connectivity index (χ4v) is 2.45. The van der Waals surface area contributed by atoms with Crippen molar-refractivity contribution in [1.29, 1.82) is 0 Å². The Morgan fingerprint density at radius 3 is 2.53 bits per heavy atom. The molecule has 0 spiro atoms. The van der Waals surface area contributed by atoms with Gasteiger partial charge in [-0.2, -0.15) is 0 Å². The zero-order valence-electron chi connectivity index (χ0n) is 12.0. The molecular formula is C16H23NOS. The Labute approximate surface area is 121 Å². The molecule has 0 unspecified atom stereocenters. The van der Waals surface area contributed by atoms with Gasteiger partial charge in [-0.05, 0) is 23.8 Å². The average molecular weight is 277 g/mol. The van der Waals surface area contributed by atoms with Crippen molar-refractivity contribution in [3.63, 3.8) is 0 Å². The number of hydrogen-bond donors (Lipinski definition) is 1. The number of thiocarbonyl (C=S) groups is 1. The molecule has 19 heavy (non-hydrogen) atoms. The molecule has 1 atom stereocenters. The van der Waals surface area contributed by atoms with E-state index in [1.165, 1.54) is 12.0 Å². The Bertz CT molecular complexity index is 427. The molecule has 1 fully saturated rings. The highest BCUT2D eigenvalue weighted by atomic mass is 32.1. The number of ether oxygens (including phenoxy) is 1. The second-order valence-electron chi connectivity index (χ2n) is 6.17. The van der Waals surface area contributed by atoms with E-state index in [0.717, 1.165) is 30.1 Å². The zero-order chi connectivity index (χ0) is 13.9. The molecule has 1 saturated heterocycles. The SMILES string of the molecule is CC(C)(C)c1ccc(C(=S)NC[C@@H]2CCCO2)cc1. The van der Waals surface area contributed by atoms with E-state index in [1.54, 1.807) is 0 Å². The largest absolute Gasteiger partial charge is 0.376 e. The van der Waals surface area contributed by atoms with E-state index in [4.69, 9.17) is 17.0 Å². The van der Waals surface area contributed by atoms with Crippen LogP contribution >= 0.6 is 12.2 Å². The van der Waals surface area contributed by atoms with Crippen LogP contribution < -0.4 is 5.32 Å². The van der Waals surface area contributed by atoms with Crippen molar-refractivity contribution in [2.45, 2.75) is 45.1 Å². The summed E-state index contributed by atoms with van der Waals surface area (Å²) in [5.74, 6) is 0. The Balaban J connectivity index is 1.92. The molecule has 1 aromatic carbocycles. The lowest BCUT2D eigenvalue weighted by molar-refractivity contribution is 0.114. The van der Waals surface area contributed by atoms with Gasteiger partial charge in [-0.15, -0.1) is 0 Å². The highest BCUT2D eigenvalue weighted by molar-refractivity contribution is 7.80. The van der Waals surface area contributed by atoms with Crippen molar-refractivity contribution in [2.75, 3.05) is 13.2 Å². The van der Waals surface area contributed by atoms with E-state index in [0.29, 0.717) is 6.10 Å². The van der Waals surface area contributed by atoms with Crippen LogP contribution in [0.2, 0.25) is 0 Å². The van der Waals surface area contributed by atoms with Gasteiger partial charge in [-0.1, -0.05) is 57.3 Å². The summed E-state index contributed by atoms with van der Waals surface area (Å²) in [7, 11) is 0. The van der Waals surface area contributed by atoms with Crippen LogP contribution in [0.15, 0.2) is 24.3 Å². The van der Waals surface area contributed by atoms with Crippen molar-refractivity contribution >= 4 is 17.2 Å². The third-order valence-electron chi connectivity index (χ3n) is 3.53. The summed E-state index contributed by atoms with van der Waals surface area (Å²) in [6.07, 6.45) is 2.63. The summed E-state index contributed by atoms with van der Waals surface area (Å²) in [6, 6.07) is 8.53. The molecule has 1 heterocycles. The monoisotopic (exact) mass is 277 g/mol. The number of rotatable bonds is 3. The lowest BCUT2D eigenvalue weighted by Crippen LogP contribution is -2.31. The number of benzene rings is 1. The van der Waals surface area contributed by atoms with Gasteiger partial charge < -0.3 is 10.1 Å². The molecule has 0 bridgehead atoms. The third-order valence-corrected chi connectivity index (χ3v) is 3.91. The maximum Gasteiger partial charge on any atom is 0.106 e. The van der Waals surface area contributed by atoms with Crippen molar-refractivity contribution in [2.24, 2.45) is 0 Å². The first kappa shape index (κ1) is 14.5. The molecule has 0 radical (unpaired) electrons. The van der Waals surface area contributed by atoms with Crippen LogP contribution in [-0.4, -0.2) is 24.2 Å². The van der Waals surface area contributed by atoms with Crippen LogP contribution in [-0.2, 0) is 10.2 Å². The molecule has 0 aliphatic carbocycles. The quantitative estimate of drug-likeness (QED) is 0.855. The van der Waals surface area contributed by atoms with Gasteiger partial charge in [0.15, 0.2) is 0 Å². The van der Waals surface area contributed by atoms with E-state index in [2.05, 4.69) is 50.4 Å². The second kappa shape index (κ2) is 6.02. The maximum absolute atomic E-state index is 5.58. The maximum atomic E-state index is 5.58. The summed E-state index contributed by atoms with van der Waals surface area (Å²) in [5, 5.41) is 3.31. The minimum Gasteiger partial charge on any atom is -0.376 e. The first-order chi connectivity index (χ1) is 8.97. The summed E-state index contributed by atoms with van der Waals surface area (Å²) in [5.41, 5.74) is 2.60. The van der Waals surface area contributed by atoms with Crippen molar-refractivity contribution < 1.29 is 4.74 Å². The predicted molar refractivity (Wildman–Crippen MR) is 83.8 cm³/mol. The van der Waals surface area contributed by atoms with Crippen molar-refractivity contribution in [1.82, 2.24) is 5.32 Å². The Morgan fingerprint density at radius 1 is 1.32 bits per heavy atom. The fourth-order valence-electron chi connectivity index (χ4n) is 2.24. The van der Waals surface area contributed by atoms with Crippen LogP contribution in [0.1, 0.15) is 44.7 Å². The molecule has 1 aliphatic heterocycles. The van der Waals surface area contributed by atoms with Crippen LogP contribution in [0.3, 0.4) is 0 Å². The Morgan fingerprint density at radius 2 is 2.00 bits per heavy atom. The van der Waals surface area contributed by atoms with Crippen molar-refractivity contribution in [3.05, 3.63) is 35.4 Å². The summed E-state index contributed by atoms with van der Waals surface area (Å²) in [4.78, 5) is 0.816.